The molecule has 0 aliphatic carbocycles. The van der Waals surface area contributed by atoms with Gasteiger partial charge >= 0.3 is 0 Å². The zero-order valence-corrected chi connectivity index (χ0v) is 18.9. The van der Waals surface area contributed by atoms with Crippen LogP contribution in [0.25, 0.3) is 16.7 Å². The van der Waals surface area contributed by atoms with Crippen molar-refractivity contribution in [2.24, 2.45) is 0 Å². The number of hydrogen-bond donors (Lipinski definition) is 1. The van der Waals surface area contributed by atoms with Crippen molar-refractivity contribution in [3.63, 3.8) is 0 Å². The van der Waals surface area contributed by atoms with Gasteiger partial charge in [-0.25, -0.2) is 0 Å². The third-order valence-corrected chi connectivity index (χ3v) is 4.71. The van der Waals surface area contributed by atoms with E-state index < -0.39 is 0 Å². The quantitative estimate of drug-likeness (QED) is 0.504. The summed E-state index contributed by atoms with van der Waals surface area (Å²) in [7, 11) is 4.12. The van der Waals surface area contributed by atoms with Crippen LogP contribution >= 0.6 is 0 Å². The Morgan fingerprint density at radius 2 is 1.80 bits per heavy atom. The lowest BCUT2D eigenvalue weighted by Crippen LogP contribution is -2.12. The van der Waals surface area contributed by atoms with E-state index in [0.29, 0.717) is 0 Å². The highest BCUT2D eigenvalue weighted by atomic mass is 15.0. The first-order chi connectivity index (χ1) is 14.2. The second-order valence-corrected chi connectivity index (χ2v) is 7.86. The lowest BCUT2D eigenvalue weighted by Gasteiger charge is -2.17. The molecule has 1 aromatic carbocycles. The summed E-state index contributed by atoms with van der Waals surface area (Å²) in [5, 5.41) is 3.36. The van der Waals surface area contributed by atoms with Gasteiger partial charge in [0.05, 0.1) is 0 Å². The van der Waals surface area contributed by atoms with Gasteiger partial charge in [-0.2, -0.15) is 0 Å². The molecule has 0 radical (unpaired) electrons. The monoisotopic (exact) mass is 399 g/mol. The molecular formula is C27H33N3. The highest BCUT2D eigenvalue weighted by molar-refractivity contribution is 5.81. The van der Waals surface area contributed by atoms with Gasteiger partial charge in [-0.05, 0) is 80.9 Å². The predicted octanol–water partition coefficient (Wildman–Crippen LogP) is 6.27. The van der Waals surface area contributed by atoms with Crippen LogP contribution in [0.5, 0.6) is 0 Å². The first-order valence-electron chi connectivity index (χ1n) is 10.1. The molecule has 3 nitrogen and oxygen atoms in total. The van der Waals surface area contributed by atoms with Crippen molar-refractivity contribution in [2.75, 3.05) is 14.1 Å². The lowest BCUT2D eigenvalue weighted by molar-refractivity contribution is 0.402. The summed E-state index contributed by atoms with van der Waals surface area (Å²) in [5.41, 5.74) is 9.22. The number of hydrogen-bond acceptors (Lipinski definition) is 3. The normalized spacial score (nSPS) is 11.7. The molecule has 0 aliphatic heterocycles. The SMILES string of the molecule is C=C(C)/C=C\C(=C/C)NC(=C)C(=C)c1cc(-c2cncc(CN(C)C)c2)ccc1C. The Labute approximate surface area is 181 Å². The zero-order chi connectivity index (χ0) is 22.3. The summed E-state index contributed by atoms with van der Waals surface area (Å²) >= 11 is 0. The molecule has 0 atom stereocenters. The van der Waals surface area contributed by atoms with Crippen LogP contribution in [0.2, 0.25) is 0 Å². The molecule has 1 aromatic heterocycles. The average molecular weight is 400 g/mol. The van der Waals surface area contributed by atoms with E-state index in [0.717, 1.165) is 51.3 Å². The van der Waals surface area contributed by atoms with Gasteiger partial charge in [0.25, 0.3) is 0 Å². The standard InChI is InChI=1S/C27H33N3/c1-9-26(13-10-19(2)3)29-22(6)21(5)27-15-24(12-11-20(27)4)25-14-23(16-28-17-25)18-30(7)8/h9-17,29H,2,5-6,18H2,1,3-4,7-8H3/b13-10-,26-9+. The Hall–Kier alpha value is -3.17. The highest BCUT2D eigenvalue weighted by Crippen LogP contribution is 2.29. The van der Waals surface area contributed by atoms with Crippen molar-refractivity contribution in [2.45, 2.75) is 27.3 Å². The van der Waals surface area contributed by atoms with E-state index in [4.69, 9.17) is 0 Å². The van der Waals surface area contributed by atoms with Crippen LogP contribution in [0, 0.1) is 6.92 Å². The fraction of sp³-hybridized carbons (Fsp3) is 0.222. The van der Waals surface area contributed by atoms with E-state index >= 15 is 0 Å². The zero-order valence-electron chi connectivity index (χ0n) is 18.9. The Morgan fingerprint density at radius 3 is 2.43 bits per heavy atom. The third kappa shape index (κ3) is 6.43. The van der Waals surface area contributed by atoms with Crippen molar-refractivity contribution >= 4 is 5.57 Å². The second-order valence-electron chi connectivity index (χ2n) is 7.86. The first kappa shape index (κ1) is 23.1. The van der Waals surface area contributed by atoms with E-state index in [9.17, 15) is 0 Å². The maximum absolute atomic E-state index is 4.43. The maximum Gasteiger partial charge on any atom is 0.0384 e. The number of nitrogens with one attached hydrogen (secondary N) is 1. The predicted molar refractivity (Wildman–Crippen MR) is 131 cm³/mol. The summed E-state index contributed by atoms with van der Waals surface area (Å²) in [6.07, 6.45) is 9.79. The van der Waals surface area contributed by atoms with E-state index in [1.807, 2.05) is 44.5 Å². The summed E-state index contributed by atoms with van der Waals surface area (Å²) in [6, 6.07) is 8.61. The van der Waals surface area contributed by atoms with Crippen LogP contribution in [-0.4, -0.2) is 24.0 Å². The summed E-state index contributed by atoms with van der Waals surface area (Å²) in [6.45, 7) is 19.3. The molecule has 1 heterocycles. The summed E-state index contributed by atoms with van der Waals surface area (Å²) < 4.78 is 0. The Morgan fingerprint density at radius 1 is 1.07 bits per heavy atom. The van der Waals surface area contributed by atoms with Gasteiger partial charge in [0.15, 0.2) is 0 Å². The molecule has 0 bridgehead atoms. The number of aromatic nitrogens is 1. The molecule has 1 N–H and O–H groups in total. The molecule has 3 heteroatoms. The van der Waals surface area contributed by atoms with Crippen molar-refractivity contribution in [3.05, 3.63) is 108 Å². The molecule has 2 rings (SSSR count). The molecule has 30 heavy (non-hydrogen) atoms. The van der Waals surface area contributed by atoms with Crippen LogP contribution in [-0.2, 0) is 6.54 Å². The van der Waals surface area contributed by atoms with Crippen molar-refractivity contribution in [1.82, 2.24) is 15.2 Å². The van der Waals surface area contributed by atoms with Crippen LogP contribution < -0.4 is 5.32 Å². The van der Waals surface area contributed by atoms with E-state index in [1.54, 1.807) is 0 Å². The summed E-state index contributed by atoms with van der Waals surface area (Å²) in [4.78, 5) is 6.57. The Kier molecular flexibility index (Phi) is 8.14. The van der Waals surface area contributed by atoms with Crippen LogP contribution in [0.1, 0.15) is 30.5 Å². The van der Waals surface area contributed by atoms with Gasteiger partial charge in [-0.1, -0.05) is 49.6 Å². The molecule has 0 saturated heterocycles. The molecule has 0 spiro atoms. The molecule has 0 fully saturated rings. The van der Waals surface area contributed by atoms with Gasteiger partial charge in [0.2, 0.25) is 0 Å². The fourth-order valence-corrected chi connectivity index (χ4v) is 3.08. The van der Waals surface area contributed by atoms with E-state index in [1.165, 1.54) is 5.56 Å². The smallest absolute Gasteiger partial charge is 0.0384 e. The minimum absolute atomic E-state index is 0.772. The Balaban J connectivity index is 2.29. The number of allylic oxidation sites excluding steroid dienone is 5. The largest absolute Gasteiger partial charge is 0.356 e. The van der Waals surface area contributed by atoms with Gasteiger partial charge < -0.3 is 10.2 Å². The van der Waals surface area contributed by atoms with Crippen LogP contribution in [0.3, 0.4) is 0 Å². The number of aryl methyl sites for hydroxylation is 1. The third-order valence-electron chi connectivity index (χ3n) is 4.71. The number of pyridine rings is 1. The van der Waals surface area contributed by atoms with Gasteiger partial charge in [0.1, 0.15) is 0 Å². The molecular weight excluding hydrogens is 366 g/mol. The van der Waals surface area contributed by atoms with E-state index in [-0.39, 0.29) is 0 Å². The van der Waals surface area contributed by atoms with Gasteiger partial charge in [-0.3, -0.25) is 4.98 Å². The molecule has 0 aliphatic rings. The highest BCUT2D eigenvalue weighted by Gasteiger charge is 2.10. The van der Waals surface area contributed by atoms with Gasteiger partial charge in [-0.15, -0.1) is 0 Å². The Bertz CT molecular complexity index is 1010. The number of benzene rings is 1. The topological polar surface area (TPSA) is 28.2 Å². The lowest BCUT2D eigenvalue weighted by atomic mass is 9.94. The molecule has 2 aromatic rings. The summed E-state index contributed by atoms with van der Waals surface area (Å²) in [5.74, 6) is 0. The van der Waals surface area contributed by atoms with Crippen LogP contribution in [0.15, 0.2) is 91.6 Å². The average Bonchev–Trinajstić information content (AvgIpc) is 2.70. The molecule has 0 amide bonds. The maximum atomic E-state index is 4.43. The van der Waals surface area contributed by atoms with Crippen LogP contribution in [0.4, 0.5) is 0 Å². The molecule has 0 unspecified atom stereocenters. The fourth-order valence-electron chi connectivity index (χ4n) is 3.08. The van der Waals surface area contributed by atoms with Crippen molar-refractivity contribution in [3.8, 4) is 11.1 Å². The minimum atomic E-state index is 0.772. The first-order valence-corrected chi connectivity index (χ1v) is 10.1. The minimum Gasteiger partial charge on any atom is -0.356 e. The number of rotatable bonds is 9. The number of nitrogens with zero attached hydrogens (tertiary/aromatic N) is 2. The molecule has 156 valence electrons. The van der Waals surface area contributed by atoms with Gasteiger partial charge in [0, 0.05) is 35.9 Å². The van der Waals surface area contributed by atoms with Crippen molar-refractivity contribution in [1.29, 1.82) is 0 Å². The van der Waals surface area contributed by atoms with Crippen molar-refractivity contribution < 1.29 is 0 Å². The van der Waals surface area contributed by atoms with E-state index in [2.05, 4.69) is 80.2 Å². The second kappa shape index (κ2) is 10.6. The molecule has 0 saturated carbocycles.